The van der Waals surface area contributed by atoms with Crippen LogP contribution in [0, 0.1) is 0 Å². The lowest BCUT2D eigenvalue weighted by Gasteiger charge is -2.12. The molecule has 0 bridgehead atoms. The molecule has 0 unspecified atom stereocenters. The molecule has 18 heavy (non-hydrogen) atoms. The Hall–Kier alpha value is -1.73. The van der Waals surface area contributed by atoms with Crippen LogP contribution in [0.1, 0.15) is 5.56 Å². The van der Waals surface area contributed by atoms with Gasteiger partial charge in [-0.05, 0) is 51.4 Å². The molecule has 4 rings (SSSR count). The SMILES string of the molecule is C1=Cc2cc3cc4ccccc4cc3cc2SC1. The second kappa shape index (κ2) is 3.89. The summed E-state index contributed by atoms with van der Waals surface area (Å²) >= 11 is 1.92. The van der Waals surface area contributed by atoms with Crippen molar-refractivity contribution in [2.45, 2.75) is 4.90 Å². The molecule has 3 aromatic rings. The maximum atomic E-state index is 2.32. The van der Waals surface area contributed by atoms with Crippen LogP contribution in [-0.2, 0) is 0 Å². The number of fused-ring (bicyclic) bond motifs is 3. The van der Waals surface area contributed by atoms with Crippen LogP contribution in [0.4, 0.5) is 0 Å². The fourth-order valence-electron chi connectivity index (χ4n) is 2.56. The van der Waals surface area contributed by atoms with Crippen LogP contribution in [0.25, 0.3) is 27.6 Å². The second-order valence-electron chi connectivity index (χ2n) is 4.65. The first-order valence-corrected chi connectivity index (χ1v) is 7.15. The van der Waals surface area contributed by atoms with E-state index in [1.165, 1.54) is 32.0 Å². The van der Waals surface area contributed by atoms with Crippen LogP contribution >= 0.6 is 11.8 Å². The average Bonchev–Trinajstić information content (AvgIpc) is 2.42. The fraction of sp³-hybridized carbons (Fsp3) is 0.0588. The molecule has 0 aliphatic carbocycles. The highest BCUT2D eigenvalue weighted by molar-refractivity contribution is 7.99. The summed E-state index contributed by atoms with van der Waals surface area (Å²) in [6.45, 7) is 0. The van der Waals surface area contributed by atoms with Crippen molar-refractivity contribution in [3.8, 4) is 0 Å². The zero-order valence-electron chi connectivity index (χ0n) is 9.89. The number of rotatable bonds is 0. The first-order valence-electron chi connectivity index (χ1n) is 6.16. The van der Waals surface area contributed by atoms with Crippen LogP contribution < -0.4 is 0 Å². The topological polar surface area (TPSA) is 0 Å². The molecule has 86 valence electrons. The Morgan fingerprint density at radius 3 is 2.28 bits per heavy atom. The van der Waals surface area contributed by atoms with Gasteiger partial charge in [-0.1, -0.05) is 36.4 Å². The Kier molecular flexibility index (Phi) is 2.21. The maximum Gasteiger partial charge on any atom is 0.0164 e. The van der Waals surface area contributed by atoms with E-state index in [0.717, 1.165) is 5.75 Å². The third kappa shape index (κ3) is 1.55. The van der Waals surface area contributed by atoms with Crippen LogP contribution in [-0.4, -0.2) is 5.75 Å². The monoisotopic (exact) mass is 248 g/mol. The highest BCUT2D eigenvalue weighted by atomic mass is 32.2. The van der Waals surface area contributed by atoms with Crippen LogP contribution in [0.5, 0.6) is 0 Å². The summed E-state index contributed by atoms with van der Waals surface area (Å²) in [5, 5.41) is 5.31. The molecule has 1 aliphatic rings. The smallest absolute Gasteiger partial charge is 0.0164 e. The van der Waals surface area contributed by atoms with Gasteiger partial charge in [-0.3, -0.25) is 0 Å². The summed E-state index contributed by atoms with van der Waals surface area (Å²) in [6, 6.07) is 17.8. The van der Waals surface area contributed by atoms with Crippen molar-refractivity contribution in [3.63, 3.8) is 0 Å². The molecule has 0 saturated carbocycles. The number of hydrogen-bond acceptors (Lipinski definition) is 1. The summed E-state index contributed by atoms with van der Waals surface area (Å²) in [4.78, 5) is 1.40. The molecule has 3 aromatic carbocycles. The van der Waals surface area contributed by atoms with E-state index in [1.54, 1.807) is 0 Å². The number of benzene rings is 3. The van der Waals surface area contributed by atoms with Crippen molar-refractivity contribution in [1.82, 2.24) is 0 Å². The van der Waals surface area contributed by atoms with Crippen molar-refractivity contribution in [1.29, 1.82) is 0 Å². The fourth-order valence-corrected chi connectivity index (χ4v) is 3.43. The zero-order valence-corrected chi connectivity index (χ0v) is 10.7. The minimum Gasteiger partial charge on any atom is -0.121 e. The molecule has 0 aromatic heterocycles. The first-order chi connectivity index (χ1) is 8.90. The van der Waals surface area contributed by atoms with E-state index >= 15 is 0 Å². The highest BCUT2D eigenvalue weighted by Gasteiger charge is 2.07. The van der Waals surface area contributed by atoms with E-state index in [-0.39, 0.29) is 0 Å². The van der Waals surface area contributed by atoms with Crippen molar-refractivity contribution < 1.29 is 0 Å². The summed E-state index contributed by atoms with van der Waals surface area (Å²) in [7, 11) is 0. The quantitative estimate of drug-likeness (QED) is 0.498. The van der Waals surface area contributed by atoms with Crippen molar-refractivity contribution in [2.24, 2.45) is 0 Å². The third-order valence-corrected chi connectivity index (χ3v) is 4.49. The molecule has 0 radical (unpaired) electrons. The van der Waals surface area contributed by atoms with Crippen LogP contribution in [0.2, 0.25) is 0 Å². The molecular weight excluding hydrogens is 236 g/mol. The summed E-state index contributed by atoms with van der Waals surface area (Å²) in [5.74, 6) is 1.09. The Balaban J connectivity index is 2.09. The van der Waals surface area contributed by atoms with Gasteiger partial charge in [0.05, 0.1) is 0 Å². The summed E-state index contributed by atoms with van der Waals surface area (Å²) in [5.41, 5.74) is 1.36. The Bertz CT molecular complexity index is 784. The predicted molar refractivity (Wildman–Crippen MR) is 81.2 cm³/mol. The first kappa shape index (κ1) is 10.2. The molecule has 1 heteroatoms. The van der Waals surface area contributed by atoms with E-state index < -0.39 is 0 Å². The Morgan fingerprint density at radius 1 is 0.778 bits per heavy atom. The molecule has 0 nitrogen and oxygen atoms in total. The predicted octanol–water partition coefficient (Wildman–Crippen LogP) is 5.11. The average molecular weight is 248 g/mol. The normalized spacial score (nSPS) is 14.0. The highest BCUT2D eigenvalue weighted by Crippen LogP contribution is 2.33. The standard InChI is InChI=1S/C17H12S/c1-2-5-13-9-16-11-17-14(6-3-7-18-17)10-15(16)8-12(13)4-1/h1-6,8-11H,7H2. The molecule has 0 spiro atoms. The van der Waals surface area contributed by atoms with Gasteiger partial charge < -0.3 is 0 Å². The van der Waals surface area contributed by atoms with E-state index in [0.29, 0.717) is 0 Å². The third-order valence-electron chi connectivity index (χ3n) is 3.47. The van der Waals surface area contributed by atoms with Gasteiger partial charge in [0, 0.05) is 10.6 Å². The zero-order chi connectivity index (χ0) is 11.9. The lowest BCUT2D eigenvalue weighted by atomic mass is 10.0. The summed E-state index contributed by atoms with van der Waals surface area (Å²) < 4.78 is 0. The molecular formula is C17H12S. The van der Waals surface area contributed by atoms with E-state index in [2.05, 4.69) is 60.7 Å². The van der Waals surface area contributed by atoms with Gasteiger partial charge in [-0.2, -0.15) is 0 Å². The number of hydrogen-bond donors (Lipinski definition) is 0. The molecule has 0 amide bonds. The van der Waals surface area contributed by atoms with Gasteiger partial charge in [0.1, 0.15) is 0 Å². The molecule has 0 saturated heterocycles. The van der Waals surface area contributed by atoms with Crippen molar-refractivity contribution in [2.75, 3.05) is 5.75 Å². The number of thioether (sulfide) groups is 1. The van der Waals surface area contributed by atoms with Gasteiger partial charge in [-0.25, -0.2) is 0 Å². The van der Waals surface area contributed by atoms with Gasteiger partial charge in [0.15, 0.2) is 0 Å². The van der Waals surface area contributed by atoms with Gasteiger partial charge >= 0.3 is 0 Å². The van der Waals surface area contributed by atoms with E-state index in [4.69, 9.17) is 0 Å². The second-order valence-corrected chi connectivity index (χ2v) is 5.71. The largest absolute Gasteiger partial charge is 0.121 e. The van der Waals surface area contributed by atoms with Gasteiger partial charge in [-0.15, -0.1) is 11.8 Å². The molecule has 0 fully saturated rings. The minimum atomic E-state index is 1.09. The van der Waals surface area contributed by atoms with E-state index in [1.807, 2.05) is 11.8 Å². The van der Waals surface area contributed by atoms with Crippen molar-refractivity contribution in [3.05, 3.63) is 60.2 Å². The van der Waals surface area contributed by atoms with Crippen LogP contribution in [0.3, 0.4) is 0 Å². The van der Waals surface area contributed by atoms with Gasteiger partial charge in [0.25, 0.3) is 0 Å². The minimum absolute atomic E-state index is 1.09. The molecule has 1 aliphatic heterocycles. The Labute approximate surface area is 110 Å². The maximum absolute atomic E-state index is 2.32. The molecule has 0 N–H and O–H groups in total. The lowest BCUT2D eigenvalue weighted by molar-refractivity contribution is 1.44. The van der Waals surface area contributed by atoms with Crippen molar-refractivity contribution >= 4 is 39.4 Å². The summed E-state index contributed by atoms with van der Waals surface area (Å²) in [6.07, 6.45) is 4.47. The van der Waals surface area contributed by atoms with Gasteiger partial charge in [0.2, 0.25) is 0 Å². The van der Waals surface area contributed by atoms with E-state index in [9.17, 15) is 0 Å². The lowest BCUT2D eigenvalue weighted by Crippen LogP contribution is -1.88. The Morgan fingerprint density at radius 2 is 1.50 bits per heavy atom. The molecule has 1 heterocycles. The molecule has 0 atom stereocenters. The van der Waals surface area contributed by atoms with Crippen LogP contribution in [0.15, 0.2) is 59.5 Å².